The van der Waals surface area contributed by atoms with Gasteiger partial charge in [0.1, 0.15) is 11.2 Å². The zero-order chi connectivity index (χ0) is 22.6. The first-order valence-electron chi connectivity index (χ1n) is 9.46. The predicted octanol–water partition coefficient (Wildman–Crippen LogP) is 1.57. The van der Waals surface area contributed by atoms with Crippen LogP contribution in [0.15, 0.2) is 24.3 Å². The van der Waals surface area contributed by atoms with Crippen molar-refractivity contribution in [3.63, 3.8) is 0 Å². The first-order chi connectivity index (χ1) is 14.2. The van der Waals surface area contributed by atoms with Crippen LogP contribution in [0.5, 0.6) is 0 Å². The van der Waals surface area contributed by atoms with Gasteiger partial charge in [-0.25, -0.2) is 19.4 Å². The number of methoxy groups -OCH3 is 2. The van der Waals surface area contributed by atoms with Crippen LogP contribution >= 0.6 is 0 Å². The van der Waals surface area contributed by atoms with Crippen molar-refractivity contribution in [2.45, 2.75) is 50.7 Å². The Bertz CT molecular complexity index is 613. The number of hydrogen-bond donors (Lipinski definition) is 0. The van der Waals surface area contributed by atoms with E-state index in [9.17, 15) is 19.2 Å². The summed E-state index contributed by atoms with van der Waals surface area (Å²) < 4.78 is 19.1. The van der Waals surface area contributed by atoms with Crippen LogP contribution in [-0.2, 0) is 47.9 Å². The molecule has 10 nitrogen and oxygen atoms in total. The van der Waals surface area contributed by atoms with Crippen molar-refractivity contribution in [3.05, 3.63) is 24.3 Å². The number of carbonyl (C=O) groups is 4. The molecule has 0 unspecified atom stereocenters. The van der Waals surface area contributed by atoms with E-state index in [-0.39, 0.29) is 38.9 Å². The summed E-state index contributed by atoms with van der Waals surface area (Å²) >= 11 is 0. The Morgan fingerprint density at radius 1 is 0.767 bits per heavy atom. The highest BCUT2D eigenvalue weighted by atomic mass is 17.2. The largest absolute Gasteiger partial charge is 0.469 e. The van der Waals surface area contributed by atoms with Gasteiger partial charge in [0, 0.05) is 12.2 Å². The molecule has 0 radical (unpaired) electrons. The van der Waals surface area contributed by atoms with Gasteiger partial charge in [0.15, 0.2) is 0 Å². The molecule has 0 aromatic carbocycles. The van der Waals surface area contributed by atoms with E-state index < -0.39 is 35.1 Å². The molecule has 1 saturated heterocycles. The van der Waals surface area contributed by atoms with Gasteiger partial charge in [-0.1, -0.05) is 0 Å². The summed E-state index contributed by atoms with van der Waals surface area (Å²) in [6, 6.07) is 0. The van der Waals surface area contributed by atoms with E-state index in [1.807, 2.05) is 0 Å². The summed E-state index contributed by atoms with van der Waals surface area (Å²) in [4.78, 5) is 58.1. The first-order valence-corrected chi connectivity index (χ1v) is 9.46. The molecular formula is C20H28O10. The van der Waals surface area contributed by atoms with Crippen molar-refractivity contribution in [1.82, 2.24) is 0 Å². The van der Waals surface area contributed by atoms with Gasteiger partial charge in [-0.15, -0.1) is 0 Å². The molecule has 2 atom stereocenters. The molecular weight excluding hydrogens is 400 g/mol. The van der Waals surface area contributed by atoms with Gasteiger partial charge in [0.2, 0.25) is 0 Å². The third-order valence-electron chi connectivity index (χ3n) is 4.31. The van der Waals surface area contributed by atoms with E-state index in [0.717, 1.165) is 12.2 Å². The second-order valence-corrected chi connectivity index (χ2v) is 6.47. The van der Waals surface area contributed by atoms with Gasteiger partial charge in [-0.3, -0.25) is 9.59 Å². The minimum Gasteiger partial charge on any atom is -0.469 e. The molecule has 0 aliphatic carbocycles. The average Bonchev–Trinajstić information content (AvgIpc) is 2.73. The molecule has 0 amide bonds. The molecule has 0 bridgehead atoms. The monoisotopic (exact) mass is 428 g/mol. The standard InChI is InChI=1S/C20H28O10/c1-5-27-15(21)7-9-19(13-17(23)25-3)11-12-20(30-29-19,14-18(24)26-4)10-8-16(22)28-6-2/h7-10H,5-6,11-14H2,1-4H3/b9-7+,10-8+/t19-,20+. The van der Waals surface area contributed by atoms with Crippen LogP contribution in [0.25, 0.3) is 0 Å². The molecule has 1 aliphatic heterocycles. The van der Waals surface area contributed by atoms with E-state index >= 15 is 0 Å². The second-order valence-electron chi connectivity index (χ2n) is 6.47. The highest BCUT2D eigenvalue weighted by Crippen LogP contribution is 2.39. The maximum absolute atomic E-state index is 11.9. The van der Waals surface area contributed by atoms with E-state index in [1.165, 1.54) is 26.4 Å². The Morgan fingerprint density at radius 3 is 1.40 bits per heavy atom. The zero-order valence-electron chi connectivity index (χ0n) is 17.6. The van der Waals surface area contributed by atoms with Crippen LogP contribution in [0, 0.1) is 0 Å². The predicted molar refractivity (Wildman–Crippen MR) is 102 cm³/mol. The quantitative estimate of drug-likeness (QED) is 0.219. The fraction of sp³-hybridized carbons (Fsp3) is 0.600. The maximum Gasteiger partial charge on any atom is 0.330 e. The lowest BCUT2D eigenvalue weighted by molar-refractivity contribution is -0.418. The number of ether oxygens (including phenoxy) is 4. The third-order valence-corrected chi connectivity index (χ3v) is 4.31. The topological polar surface area (TPSA) is 124 Å². The molecule has 168 valence electrons. The fourth-order valence-electron chi connectivity index (χ4n) is 2.70. The highest BCUT2D eigenvalue weighted by Gasteiger charge is 2.46. The van der Waals surface area contributed by atoms with Crippen LogP contribution in [-0.4, -0.2) is 62.5 Å². The molecule has 0 spiro atoms. The summed E-state index contributed by atoms with van der Waals surface area (Å²) in [7, 11) is 2.44. The normalized spacial score (nSPS) is 23.9. The van der Waals surface area contributed by atoms with E-state index in [4.69, 9.17) is 28.7 Å². The smallest absolute Gasteiger partial charge is 0.330 e. The van der Waals surface area contributed by atoms with Crippen molar-refractivity contribution in [2.75, 3.05) is 27.4 Å². The van der Waals surface area contributed by atoms with Crippen LogP contribution in [0.2, 0.25) is 0 Å². The third kappa shape index (κ3) is 7.96. The molecule has 30 heavy (non-hydrogen) atoms. The molecule has 0 saturated carbocycles. The first kappa shape index (κ1) is 25.3. The average molecular weight is 428 g/mol. The van der Waals surface area contributed by atoms with Crippen LogP contribution in [0.1, 0.15) is 39.5 Å². The fourth-order valence-corrected chi connectivity index (χ4v) is 2.70. The molecule has 1 rings (SSSR count). The summed E-state index contributed by atoms with van der Waals surface area (Å²) in [5.74, 6) is -2.40. The molecule has 10 heteroatoms. The van der Waals surface area contributed by atoms with E-state index in [1.54, 1.807) is 13.8 Å². The zero-order valence-corrected chi connectivity index (χ0v) is 17.6. The van der Waals surface area contributed by atoms with Gasteiger partial charge in [0.25, 0.3) is 0 Å². The summed E-state index contributed by atoms with van der Waals surface area (Å²) in [5.41, 5.74) is -2.64. The van der Waals surface area contributed by atoms with Gasteiger partial charge >= 0.3 is 23.9 Å². The Hall–Kier alpha value is -2.72. The van der Waals surface area contributed by atoms with E-state index in [2.05, 4.69) is 0 Å². The SMILES string of the molecule is CCOC(=O)/C=C/[C@@]1(CC(=O)OC)CC[C@](/C=C/C(=O)OCC)(CC(=O)OC)OO1. The van der Waals surface area contributed by atoms with E-state index in [0.29, 0.717) is 0 Å². The number of rotatable bonds is 10. The summed E-state index contributed by atoms with van der Waals surface area (Å²) in [6.45, 7) is 3.69. The van der Waals surface area contributed by atoms with Gasteiger partial charge in [0.05, 0.1) is 40.3 Å². The molecule has 0 N–H and O–H groups in total. The van der Waals surface area contributed by atoms with Crippen LogP contribution in [0.3, 0.4) is 0 Å². The molecule has 0 aromatic heterocycles. The van der Waals surface area contributed by atoms with Crippen LogP contribution < -0.4 is 0 Å². The van der Waals surface area contributed by atoms with Gasteiger partial charge in [-0.05, 0) is 38.8 Å². The lowest BCUT2D eigenvalue weighted by Gasteiger charge is -2.41. The minimum atomic E-state index is -1.32. The lowest BCUT2D eigenvalue weighted by Crippen LogP contribution is -2.47. The minimum absolute atomic E-state index is 0.169. The molecule has 1 aliphatic rings. The van der Waals surface area contributed by atoms with Crippen LogP contribution in [0.4, 0.5) is 0 Å². The van der Waals surface area contributed by atoms with Crippen molar-refractivity contribution >= 4 is 23.9 Å². The van der Waals surface area contributed by atoms with Gasteiger partial charge < -0.3 is 18.9 Å². The second kappa shape index (κ2) is 12.1. The van der Waals surface area contributed by atoms with Crippen molar-refractivity contribution in [3.8, 4) is 0 Å². The Labute approximate surface area is 175 Å². The number of carbonyl (C=O) groups excluding carboxylic acids is 4. The summed E-state index contributed by atoms with van der Waals surface area (Å²) in [6.07, 6.45) is 4.85. The lowest BCUT2D eigenvalue weighted by atomic mass is 9.83. The molecule has 1 heterocycles. The Morgan fingerprint density at radius 2 is 1.13 bits per heavy atom. The van der Waals surface area contributed by atoms with Gasteiger partial charge in [-0.2, -0.15) is 0 Å². The van der Waals surface area contributed by atoms with Crippen molar-refractivity contribution in [2.24, 2.45) is 0 Å². The highest BCUT2D eigenvalue weighted by molar-refractivity contribution is 5.83. The Kier molecular flexibility index (Phi) is 10.2. The van der Waals surface area contributed by atoms with Crippen molar-refractivity contribution in [1.29, 1.82) is 0 Å². The Balaban J connectivity index is 3.09. The number of esters is 4. The maximum atomic E-state index is 11.9. The van der Waals surface area contributed by atoms with Crippen molar-refractivity contribution < 1.29 is 47.9 Å². The summed E-state index contributed by atoms with van der Waals surface area (Å²) in [5, 5.41) is 0. The molecule has 1 fully saturated rings. The number of hydrogen-bond acceptors (Lipinski definition) is 10. The molecule has 0 aromatic rings.